The van der Waals surface area contributed by atoms with Crippen LogP contribution in [0.3, 0.4) is 0 Å². The summed E-state index contributed by atoms with van der Waals surface area (Å²) in [4.78, 5) is 31.4. The van der Waals surface area contributed by atoms with Crippen LogP contribution in [-0.4, -0.2) is 69.3 Å². The van der Waals surface area contributed by atoms with Crippen molar-refractivity contribution in [3.8, 4) is 0 Å². The van der Waals surface area contributed by atoms with Crippen molar-refractivity contribution in [2.75, 3.05) is 68.0 Å². The van der Waals surface area contributed by atoms with Crippen molar-refractivity contribution in [1.29, 1.82) is 0 Å². The summed E-state index contributed by atoms with van der Waals surface area (Å²) >= 11 is 0. The second-order valence-corrected chi connectivity index (χ2v) is 12.2. The van der Waals surface area contributed by atoms with Gasteiger partial charge in [0.15, 0.2) is 0 Å². The van der Waals surface area contributed by atoms with Crippen molar-refractivity contribution >= 4 is 29.0 Å². The number of carbonyl (C=O) groups excluding carboxylic acids is 2. The molecule has 0 spiro atoms. The summed E-state index contributed by atoms with van der Waals surface area (Å²) in [6.07, 6.45) is 3.10. The van der Waals surface area contributed by atoms with Gasteiger partial charge in [0.25, 0.3) is 5.91 Å². The Morgan fingerprint density at radius 1 is 0.927 bits per heavy atom. The van der Waals surface area contributed by atoms with Crippen LogP contribution in [0.4, 0.5) is 21.9 Å². The predicted molar refractivity (Wildman–Crippen MR) is 169 cm³/mol. The van der Waals surface area contributed by atoms with Gasteiger partial charge in [0.1, 0.15) is 0 Å². The zero-order valence-corrected chi connectivity index (χ0v) is 25.6. The molecule has 2 saturated heterocycles. The van der Waals surface area contributed by atoms with Crippen LogP contribution < -0.4 is 20.9 Å². The first-order valence-corrected chi connectivity index (χ1v) is 15.4. The Morgan fingerprint density at radius 3 is 2.22 bits per heavy atom. The van der Waals surface area contributed by atoms with E-state index in [1.54, 1.807) is 0 Å². The Hall–Kier alpha value is -3.10. The summed E-state index contributed by atoms with van der Waals surface area (Å²) in [5, 5.41) is 9.25. The van der Waals surface area contributed by atoms with Crippen LogP contribution in [0.2, 0.25) is 0 Å². The van der Waals surface area contributed by atoms with Gasteiger partial charge in [0.05, 0.1) is 18.8 Å². The van der Waals surface area contributed by atoms with Crippen molar-refractivity contribution in [2.24, 2.45) is 5.92 Å². The van der Waals surface area contributed by atoms with E-state index in [-0.39, 0.29) is 23.8 Å². The number of benzene rings is 2. The average molecular weight is 564 g/mol. The van der Waals surface area contributed by atoms with Crippen molar-refractivity contribution in [2.45, 2.75) is 65.7 Å². The molecule has 41 heavy (non-hydrogen) atoms. The topological polar surface area (TPSA) is 85.9 Å². The number of piperidine rings is 1. The Labute approximate surface area is 246 Å². The fourth-order valence-electron chi connectivity index (χ4n) is 5.72. The van der Waals surface area contributed by atoms with Gasteiger partial charge >= 0.3 is 6.03 Å². The Bertz CT molecular complexity index is 1140. The maximum atomic E-state index is 13.5. The lowest BCUT2D eigenvalue weighted by molar-refractivity contribution is 0.0374. The van der Waals surface area contributed by atoms with E-state index in [1.807, 2.05) is 18.2 Å². The molecule has 3 N–H and O–H groups in total. The monoisotopic (exact) mass is 563 g/mol. The molecule has 2 heterocycles. The lowest BCUT2D eigenvalue weighted by Crippen LogP contribution is -2.38. The molecule has 8 heteroatoms. The van der Waals surface area contributed by atoms with Crippen LogP contribution in [0.1, 0.15) is 87.2 Å². The van der Waals surface area contributed by atoms with Gasteiger partial charge in [0.2, 0.25) is 0 Å². The molecule has 0 radical (unpaired) electrons. The molecule has 2 aromatic rings. The molecule has 0 unspecified atom stereocenters. The Balaban J connectivity index is 1.48. The molecule has 2 aliphatic rings. The van der Waals surface area contributed by atoms with E-state index in [4.69, 9.17) is 4.74 Å². The smallest absolute Gasteiger partial charge is 0.323 e. The number of rotatable bonds is 10. The third kappa shape index (κ3) is 8.46. The van der Waals surface area contributed by atoms with Gasteiger partial charge in [-0.25, -0.2) is 4.79 Å². The third-order valence-electron chi connectivity index (χ3n) is 8.28. The highest BCUT2D eigenvalue weighted by atomic mass is 16.5. The summed E-state index contributed by atoms with van der Waals surface area (Å²) < 4.78 is 5.43. The lowest BCUT2D eigenvalue weighted by Gasteiger charge is -2.33. The van der Waals surface area contributed by atoms with E-state index in [0.717, 1.165) is 87.7 Å². The van der Waals surface area contributed by atoms with Crippen LogP contribution in [0.25, 0.3) is 0 Å². The average Bonchev–Trinajstić information content (AvgIpc) is 2.96. The fraction of sp³-hybridized carbons (Fsp3) is 0.576. The highest BCUT2D eigenvalue weighted by Crippen LogP contribution is 2.33. The van der Waals surface area contributed by atoms with Crippen molar-refractivity contribution in [3.05, 3.63) is 53.1 Å². The molecular formula is C33H49N5O3. The highest BCUT2D eigenvalue weighted by Gasteiger charge is 2.23. The molecule has 0 atom stereocenters. The van der Waals surface area contributed by atoms with Crippen molar-refractivity contribution in [1.82, 2.24) is 10.2 Å². The van der Waals surface area contributed by atoms with Crippen molar-refractivity contribution < 1.29 is 14.3 Å². The zero-order chi connectivity index (χ0) is 29.4. The minimum atomic E-state index is -0.309. The number of anilines is 3. The molecule has 0 aromatic heterocycles. The Morgan fingerprint density at radius 2 is 1.59 bits per heavy atom. The number of morpholine rings is 1. The molecular weight excluding hydrogens is 514 g/mol. The van der Waals surface area contributed by atoms with E-state index in [9.17, 15) is 9.59 Å². The molecule has 4 rings (SSSR count). The molecule has 2 aromatic carbocycles. The second kappa shape index (κ2) is 14.7. The first-order chi connectivity index (χ1) is 19.7. The quantitative estimate of drug-likeness (QED) is 0.297. The number of ether oxygens (including phenoxy) is 1. The number of nitrogens with one attached hydrogen (secondary N) is 3. The number of amides is 3. The van der Waals surface area contributed by atoms with Crippen LogP contribution >= 0.6 is 0 Å². The molecule has 0 aliphatic carbocycles. The largest absolute Gasteiger partial charge is 0.379 e. The number of urea groups is 1. The fourth-order valence-corrected chi connectivity index (χ4v) is 5.72. The Kier molecular flexibility index (Phi) is 11.1. The van der Waals surface area contributed by atoms with Crippen LogP contribution in [-0.2, 0) is 4.74 Å². The molecule has 2 fully saturated rings. The van der Waals surface area contributed by atoms with E-state index >= 15 is 0 Å². The van der Waals surface area contributed by atoms with Crippen LogP contribution in [0, 0.1) is 5.92 Å². The molecule has 224 valence electrons. The summed E-state index contributed by atoms with van der Waals surface area (Å²) in [5.41, 5.74) is 5.22. The number of nitrogens with zero attached hydrogens (tertiary/aromatic N) is 2. The van der Waals surface area contributed by atoms with Gasteiger partial charge in [-0.05, 0) is 72.9 Å². The number of hydrogen-bond acceptors (Lipinski definition) is 5. The molecule has 8 nitrogen and oxygen atoms in total. The minimum absolute atomic E-state index is 0.100. The van der Waals surface area contributed by atoms with E-state index in [1.165, 1.54) is 0 Å². The van der Waals surface area contributed by atoms with Gasteiger partial charge in [-0.2, -0.15) is 0 Å². The van der Waals surface area contributed by atoms with E-state index in [0.29, 0.717) is 23.7 Å². The highest BCUT2D eigenvalue weighted by molar-refractivity contribution is 6.04. The van der Waals surface area contributed by atoms with E-state index < -0.39 is 0 Å². The maximum absolute atomic E-state index is 13.5. The first-order valence-electron chi connectivity index (χ1n) is 15.4. The van der Waals surface area contributed by atoms with Gasteiger partial charge in [-0.3, -0.25) is 9.69 Å². The number of para-hydroxylation sites is 1. The molecule has 3 amide bonds. The van der Waals surface area contributed by atoms with Crippen LogP contribution in [0.5, 0.6) is 0 Å². The molecule has 0 saturated carbocycles. The van der Waals surface area contributed by atoms with Gasteiger partial charge in [0, 0.05) is 49.8 Å². The SMILES string of the molecule is CC1CCN(c2ccc(NC(=O)Nc3c(C(C)C)cccc3C(C)C)cc2C(=O)NCCCN2CCOCC2)CC1. The maximum Gasteiger partial charge on any atom is 0.323 e. The van der Waals surface area contributed by atoms with E-state index in [2.05, 4.69) is 78.6 Å². The van der Waals surface area contributed by atoms with Gasteiger partial charge in [-0.1, -0.05) is 52.8 Å². The summed E-state index contributed by atoms with van der Waals surface area (Å²) in [6, 6.07) is 11.6. The normalized spacial score (nSPS) is 16.7. The lowest BCUT2D eigenvalue weighted by atomic mass is 9.93. The summed E-state index contributed by atoms with van der Waals surface area (Å²) in [7, 11) is 0. The third-order valence-corrected chi connectivity index (χ3v) is 8.28. The summed E-state index contributed by atoms with van der Waals surface area (Å²) in [5.74, 6) is 1.14. The van der Waals surface area contributed by atoms with Gasteiger partial charge in [-0.15, -0.1) is 0 Å². The minimum Gasteiger partial charge on any atom is -0.379 e. The number of carbonyl (C=O) groups is 2. The molecule has 0 bridgehead atoms. The first kappa shape index (κ1) is 30.8. The standard InChI is InChI=1S/C33H49N5O3/c1-23(2)27-8-6-9-28(24(3)4)31(27)36-33(40)35-26-10-11-30(38-16-12-25(5)13-17-38)29(22-26)32(39)34-14-7-15-37-18-20-41-21-19-37/h6,8-11,22-25H,7,12-21H2,1-5H3,(H,34,39)(H2,35,36,40). The number of hydrogen-bond donors (Lipinski definition) is 3. The van der Waals surface area contributed by atoms with Crippen molar-refractivity contribution in [3.63, 3.8) is 0 Å². The van der Waals surface area contributed by atoms with Crippen LogP contribution in [0.15, 0.2) is 36.4 Å². The second-order valence-electron chi connectivity index (χ2n) is 12.2. The predicted octanol–water partition coefficient (Wildman–Crippen LogP) is 6.27. The summed E-state index contributed by atoms with van der Waals surface area (Å²) in [6.45, 7) is 17.7. The van der Waals surface area contributed by atoms with Gasteiger partial charge < -0.3 is 25.6 Å². The molecule has 2 aliphatic heterocycles. The zero-order valence-electron chi connectivity index (χ0n) is 25.6.